The zero-order valence-electron chi connectivity index (χ0n) is 10.7. The van der Waals surface area contributed by atoms with Gasteiger partial charge in [-0.15, -0.1) is 0 Å². The standard InChI is InChI=1S/C14H16BrNO3/c1-9-4-5-11(12(15)7-9)13(17)16-6-2-3-10(8-16)14(18)19/h4-5,7,10H,2-3,6,8H2,1H3,(H,18,19). The van der Waals surface area contributed by atoms with E-state index in [1.807, 2.05) is 19.1 Å². The van der Waals surface area contributed by atoms with Crippen molar-refractivity contribution in [3.05, 3.63) is 33.8 Å². The average Bonchev–Trinajstić information content (AvgIpc) is 2.38. The molecule has 1 aromatic rings. The van der Waals surface area contributed by atoms with Crippen molar-refractivity contribution in [2.75, 3.05) is 13.1 Å². The predicted octanol–water partition coefficient (Wildman–Crippen LogP) is 2.69. The number of carboxylic acid groups (broad SMARTS) is 1. The Bertz CT molecular complexity index is 515. The third-order valence-corrected chi connectivity index (χ3v) is 4.07. The van der Waals surface area contributed by atoms with Gasteiger partial charge in [0.05, 0.1) is 11.5 Å². The summed E-state index contributed by atoms with van der Waals surface area (Å²) >= 11 is 3.39. The lowest BCUT2D eigenvalue weighted by molar-refractivity contribution is -0.143. The summed E-state index contributed by atoms with van der Waals surface area (Å²) in [5, 5.41) is 9.05. The van der Waals surface area contributed by atoms with E-state index in [1.165, 1.54) is 0 Å². The van der Waals surface area contributed by atoms with Crippen molar-refractivity contribution in [2.45, 2.75) is 19.8 Å². The zero-order chi connectivity index (χ0) is 14.0. The van der Waals surface area contributed by atoms with Crippen LogP contribution in [-0.4, -0.2) is 35.0 Å². The highest BCUT2D eigenvalue weighted by Crippen LogP contribution is 2.23. The number of aliphatic carboxylic acids is 1. The molecular weight excluding hydrogens is 310 g/mol. The summed E-state index contributed by atoms with van der Waals surface area (Å²) < 4.78 is 0.759. The normalized spacial score (nSPS) is 19.3. The highest BCUT2D eigenvalue weighted by Gasteiger charge is 2.29. The maximum absolute atomic E-state index is 12.4. The molecule has 1 fully saturated rings. The minimum absolute atomic E-state index is 0.0992. The highest BCUT2D eigenvalue weighted by atomic mass is 79.9. The largest absolute Gasteiger partial charge is 0.481 e. The molecule has 5 heteroatoms. The van der Waals surface area contributed by atoms with E-state index in [-0.39, 0.29) is 5.91 Å². The lowest BCUT2D eigenvalue weighted by Crippen LogP contribution is -2.42. The molecule has 0 radical (unpaired) electrons. The van der Waals surface area contributed by atoms with E-state index in [9.17, 15) is 9.59 Å². The van der Waals surface area contributed by atoms with Crippen LogP contribution in [0.5, 0.6) is 0 Å². The molecule has 1 N–H and O–H groups in total. The number of piperidine rings is 1. The van der Waals surface area contributed by atoms with Crippen molar-refractivity contribution in [2.24, 2.45) is 5.92 Å². The van der Waals surface area contributed by atoms with Crippen LogP contribution >= 0.6 is 15.9 Å². The number of aryl methyl sites for hydroxylation is 1. The topological polar surface area (TPSA) is 57.6 Å². The van der Waals surface area contributed by atoms with Gasteiger partial charge in [-0.2, -0.15) is 0 Å². The first-order chi connectivity index (χ1) is 8.99. The Morgan fingerprint density at radius 3 is 2.79 bits per heavy atom. The number of hydrogen-bond acceptors (Lipinski definition) is 2. The molecule has 102 valence electrons. The maximum atomic E-state index is 12.4. The molecule has 0 aliphatic carbocycles. The Balaban J connectivity index is 2.17. The minimum Gasteiger partial charge on any atom is -0.481 e. The van der Waals surface area contributed by atoms with E-state index in [2.05, 4.69) is 15.9 Å². The van der Waals surface area contributed by atoms with E-state index in [4.69, 9.17) is 5.11 Å². The number of carboxylic acids is 1. The number of nitrogens with zero attached hydrogens (tertiary/aromatic N) is 1. The summed E-state index contributed by atoms with van der Waals surface area (Å²) in [5.41, 5.74) is 1.67. The fourth-order valence-electron chi connectivity index (χ4n) is 2.33. The van der Waals surface area contributed by atoms with E-state index in [1.54, 1.807) is 11.0 Å². The Morgan fingerprint density at radius 1 is 1.42 bits per heavy atom. The van der Waals surface area contributed by atoms with Crippen molar-refractivity contribution in [1.29, 1.82) is 0 Å². The van der Waals surface area contributed by atoms with Crippen molar-refractivity contribution in [3.8, 4) is 0 Å². The van der Waals surface area contributed by atoms with Crippen molar-refractivity contribution >= 4 is 27.8 Å². The second-order valence-electron chi connectivity index (χ2n) is 4.91. The van der Waals surface area contributed by atoms with Gasteiger partial charge in [-0.3, -0.25) is 9.59 Å². The molecule has 1 amide bonds. The van der Waals surface area contributed by atoms with Gasteiger partial charge in [0, 0.05) is 17.6 Å². The lowest BCUT2D eigenvalue weighted by atomic mass is 9.97. The van der Waals surface area contributed by atoms with Crippen LogP contribution in [0.25, 0.3) is 0 Å². The fraction of sp³-hybridized carbons (Fsp3) is 0.429. The van der Waals surface area contributed by atoms with Gasteiger partial charge in [-0.25, -0.2) is 0 Å². The van der Waals surface area contributed by atoms with Crippen LogP contribution in [0.1, 0.15) is 28.8 Å². The van der Waals surface area contributed by atoms with E-state index >= 15 is 0 Å². The fourth-order valence-corrected chi connectivity index (χ4v) is 2.99. The van der Waals surface area contributed by atoms with Crippen LogP contribution in [0, 0.1) is 12.8 Å². The molecular formula is C14H16BrNO3. The molecule has 1 saturated heterocycles. The second kappa shape index (κ2) is 5.74. The number of hydrogen-bond donors (Lipinski definition) is 1. The smallest absolute Gasteiger partial charge is 0.308 e. The summed E-state index contributed by atoms with van der Waals surface area (Å²) in [6, 6.07) is 5.56. The summed E-state index contributed by atoms with van der Waals surface area (Å²) in [7, 11) is 0. The van der Waals surface area contributed by atoms with Crippen molar-refractivity contribution in [3.63, 3.8) is 0 Å². The summed E-state index contributed by atoms with van der Waals surface area (Å²) in [4.78, 5) is 25.1. The molecule has 0 bridgehead atoms. The van der Waals surface area contributed by atoms with Crippen LogP contribution in [0.4, 0.5) is 0 Å². The number of carbonyl (C=O) groups is 2. The molecule has 19 heavy (non-hydrogen) atoms. The molecule has 2 rings (SSSR count). The number of halogens is 1. The molecule has 0 saturated carbocycles. The van der Waals surface area contributed by atoms with Crippen LogP contribution in [0.15, 0.2) is 22.7 Å². The quantitative estimate of drug-likeness (QED) is 0.909. The molecule has 1 heterocycles. The number of rotatable bonds is 2. The predicted molar refractivity (Wildman–Crippen MR) is 75.1 cm³/mol. The summed E-state index contributed by atoms with van der Waals surface area (Å²) in [6.07, 6.45) is 1.39. The SMILES string of the molecule is Cc1ccc(C(=O)N2CCCC(C(=O)O)C2)c(Br)c1. The molecule has 1 aromatic carbocycles. The van der Waals surface area contributed by atoms with Gasteiger partial charge < -0.3 is 10.0 Å². The first-order valence-electron chi connectivity index (χ1n) is 6.27. The molecule has 1 unspecified atom stereocenters. The molecule has 1 aliphatic heterocycles. The van der Waals surface area contributed by atoms with Crippen LogP contribution in [0.2, 0.25) is 0 Å². The summed E-state index contributed by atoms with van der Waals surface area (Å²) in [6.45, 7) is 2.89. The maximum Gasteiger partial charge on any atom is 0.308 e. The van der Waals surface area contributed by atoms with Crippen molar-refractivity contribution < 1.29 is 14.7 Å². The highest BCUT2D eigenvalue weighted by molar-refractivity contribution is 9.10. The first kappa shape index (κ1) is 14.1. The van der Waals surface area contributed by atoms with Gasteiger partial charge >= 0.3 is 5.97 Å². The molecule has 0 aromatic heterocycles. The summed E-state index contributed by atoms with van der Waals surface area (Å²) in [5.74, 6) is -1.36. The number of benzene rings is 1. The van der Waals surface area contributed by atoms with Crippen molar-refractivity contribution in [1.82, 2.24) is 4.90 Å². The first-order valence-corrected chi connectivity index (χ1v) is 7.06. The third-order valence-electron chi connectivity index (χ3n) is 3.41. The monoisotopic (exact) mass is 325 g/mol. The molecule has 0 spiro atoms. The van der Waals surface area contributed by atoms with Crippen LogP contribution in [0.3, 0.4) is 0 Å². The van der Waals surface area contributed by atoms with Gasteiger partial charge in [-0.1, -0.05) is 6.07 Å². The van der Waals surface area contributed by atoms with Crippen LogP contribution < -0.4 is 0 Å². The Labute approximate surface area is 120 Å². The molecule has 4 nitrogen and oxygen atoms in total. The Kier molecular flexibility index (Phi) is 4.24. The number of amides is 1. The van der Waals surface area contributed by atoms with E-state index in [0.29, 0.717) is 25.1 Å². The average molecular weight is 326 g/mol. The van der Waals surface area contributed by atoms with Crippen LogP contribution in [-0.2, 0) is 4.79 Å². The van der Waals surface area contributed by atoms with E-state index in [0.717, 1.165) is 16.5 Å². The van der Waals surface area contributed by atoms with Gasteiger partial charge in [0.2, 0.25) is 0 Å². The minimum atomic E-state index is -0.819. The Morgan fingerprint density at radius 2 is 2.16 bits per heavy atom. The van der Waals surface area contributed by atoms with E-state index < -0.39 is 11.9 Å². The second-order valence-corrected chi connectivity index (χ2v) is 5.77. The van der Waals surface area contributed by atoms with Gasteiger partial charge in [0.15, 0.2) is 0 Å². The molecule has 1 aliphatic rings. The third kappa shape index (κ3) is 3.15. The lowest BCUT2D eigenvalue weighted by Gasteiger charge is -2.31. The van der Waals surface area contributed by atoms with Gasteiger partial charge in [0.1, 0.15) is 0 Å². The van der Waals surface area contributed by atoms with Gasteiger partial charge in [0.25, 0.3) is 5.91 Å². The Hall–Kier alpha value is -1.36. The number of likely N-dealkylation sites (tertiary alicyclic amines) is 1. The van der Waals surface area contributed by atoms with Gasteiger partial charge in [-0.05, 0) is 53.4 Å². The molecule has 1 atom stereocenters. The zero-order valence-corrected chi connectivity index (χ0v) is 12.3. The number of carbonyl (C=O) groups excluding carboxylic acids is 1.